The van der Waals surface area contributed by atoms with Gasteiger partial charge in [0.15, 0.2) is 0 Å². The Morgan fingerprint density at radius 3 is 2.10 bits per heavy atom. The molecule has 3 rings (SSSR count). The zero-order valence-electron chi connectivity index (χ0n) is 16.1. The number of benzene rings is 3. The first kappa shape index (κ1) is 21.8. The van der Waals surface area contributed by atoms with Crippen molar-refractivity contribution in [3.63, 3.8) is 0 Å². The molecule has 10 heteroatoms. The van der Waals surface area contributed by atoms with Crippen LogP contribution in [0.15, 0.2) is 94.9 Å². The van der Waals surface area contributed by atoms with Crippen molar-refractivity contribution >= 4 is 27.8 Å². The molecule has 0 spiro atoms. The molecule has 0 heterocycles. The Morgan fingerprint density at radius 1 is 0.935 bits per heavy atom. The lowest BCUT2D eigenvalue weighted by Crippen LogP contribution is -2.38. The highest BCUT2D eigenvalue weighted by Gasteiger charge is 2.27. The second-order valence-corrected chi connectivity index (χ2v) is 8.07. The van der Waals surface area contributed by atoms with Crippen LogP contribution < -0.4 is 10.1 Å². The van der Waals surface area contributed by atoms with Gasteiger partial charge in [0.25, 0.3) is 11.6 Å². The largest absolute Gasteiger partial charge is 0.271 e. The second kappa shape index (κ2) is 9.74. The fourth-order valence-electron chi connectivity index (χ4n) is 2.66. The molecule has 0 bridgehead atoms. The van der Waals surface area contributed by atoms with Crippen LogP contribution in [0.5, 0.6) is 0 Å². The number of non-ortho nitro benzene ring substituents is 1. The van der Waals surface area contributed by atoms with Crippen LogP contribution in [0.4, 0.5) is 5.69 Å². The lowest BCUT2D eigenvalue weighted by atomic mass is 10.1. The van der Waals surface area contributed by atoms with Gasteiger partial charge >= 0.3 is 0 Å². The zero-order valence-corrected chi connectivity index (χ0v) is 16.9. The maximum Gasteiger partial charge on any atom is 0.269 e. The SMILES string of the molecule is O=C(N/N=C/c1ccccc1)C(NS(=O)(=O)c1ccc([N+](=O)[O-])cc1)c1ccccc1. The van der Waals surface area contributed by atoms with E-state index in [1.807, 2.05) is 18.2 Å². The maximum absolute atomic E-state index is 12.8. The molecule has 1 unspecified atom stereocenters. The standard InChI is InChI=1S/C21H18N4O5S/c26-21(23-22-15-16-7-3-1-4-8-16)20(17-9-5-2-6-10-17)24-31(29,30)19-13-11-18(12-14-19)25(27)28/h1-15,20,24H,(H,23,26)/b22-15+. The molecule has 0 saturated heterocycles. The first-order chi connectivity index (χ1) is 14.9. The number of hydrogen-bond acceptors (Lipinski definition) is 6. The first-order valence-electron chi connectivity index (χ1n) is 9.06. The summed E-state index contributed by atoms with van der Waals surface area (Å²) in [5.74, 6) is -0.691. The molecule has 1 amide bonds. The van der Waals surface area contributed by atoms with Crippen molar-refractivity contribution in [3.05, 3.63) is 106 Å². The zero-order chi connectivity index (χ0) is 22.3. The number of carbonyl (C=O) groups is 1. The van der Waals surface area contributed by atoms with Gasteiger partial charge in [-0.1, -0.05) is 60.7 Å². The maximum atomic E-state index is 12.8. The number of nitro groups is 1. The predicted octanol–water partition coefficient (Wildman–Crippen LogP) is 2.76. The van der Waals surface area contributed by atoms with Crippen molar-refractivity contribution in [2.45, 2.75) is 10.9 Å². The number of carbonyl (C=O) groups excluding carboxylic acids is 1. The molecule has 0 saturated carbocycles. The number of hydrogen-bond donors (Lipinski definition) is 2. The summed E-state index contributed by atoms with van der Waals surface area (Å²) in [5.41, 5.74) is 3.26. The number of hydrazone groups is 1. The molecule has 0 aliphatic carbocycles. The van der Waals surface area contributed by atoms with E-state index in [4.69, 9.17) is 0 Å². The lowest BCUT2D eigenvalue weighted by Gasteiger charge is -2.17. The number of nitrogens with one attached hydrogen (secondary N) is 2. The molecule has 3 aromatic carbocycles. The molecule has 0 aliphatic heterocycles. The summed E-state index contributed by atoms with van der Waals surface area (Å²) < 4.78 is 27.9. The summed E-state index contributed by atoms with van der Waals surface area (Å²) in [6, 6.07) is 20.4. The van der Waals surface area contributed by atoms with E-state index in [0.29, 0.717) is 5.56 Å². The van der Waals surface area contributed by atoms with Crippen LogP contribution in [-0.2, 0) is 14.8 Å². The van der Waals surface area contributed by atoms with Crippen LogP contribution in [0, 0.1) is 10.1 Å². The molecule has 31 heavy (non-hydrogen) atoms. The molecule has 0 aliphatic rings. The summed E-state index contributed by atoms with van der Waals surface area (Å²) >= 11 is 0. The van der Waals surface area contributed by atoms with Crippen molar-refractivity contribution in [2.75, 3.05) is 0 Å². The van der Waals surface area contributed by atoms with Crippen LogP contribution in [0.1, 0.15) is 17.2 Å². The lowest BCUT2D eigenvalue weighted by molar-refractivity contribution is -0.384. The van der Waals surface area contributed by atoms with E-state index in [1.165, 1.54) is 6.21 Å². The third kappa shape index (κ3) is 5.81. The quantitative estimate of drug-likeness (QED) is 0.317. The van der Waals surface area contributed by atoms with Crippen LogP contribution >= 0.6 is 0 Å². The predicted molar refractivity (Wildman–Crippen MR) is 115 cm³/mol. The van der Waals surface area contributed by atoms with Crippen LogP contribution in [0.25, 0.3) is 0 Å². The van der Waals surface area contributed by atoms with Gasteiger partial charge in [0.2, 0.25) is 10.0 Å². The average Bonchev–Trinajstić information content (AvgIpc) is 2.79. The Kier molecular flexibility index (Phi) is 6.85. The third-order valence-electron chi connectivity index (χ3n) is 4.21. The molecular formula is C21H18N4O5S. The fourth-order valence-corrected chi connectivity index (χ4v) is 3.85. The number of rotatable bonds is 8. The Balaban J connectivity index is 1.82. The second-order valence-electron chi connectivity index (χ2n) is 6.36. The highest BCUT2D eigenvalue weighted by molar-refractivity contribution is 7.89. The molecule has 3 aromatic rings. The minimum atomic E-state index is -4.16. The molecular weight excluding hydrogens is 420 g/mol. The van der Waals surface area contributed by atoms with Gasteiger partial charge in [-0.25, -0.2) is 13.8 Å². The van der Waals surface area contributed by atoms with Gasteiger partial charge in [0.05, 0.1) is 16.0 Å². The van der Waals surface area contributed by atoms with Gasteiger partial charge in [0, 0.05) is 12.1 Å². The van der Waals surface area contributed by atoms with Crippen LogP contribution in [0.3, 0.4) is 0 Å². The van der Waals surface area contributed by atoms with E-state index in [9.17, 15) is 23.3 Å². The smallest absolute Gasteiger partial charge is 0.269 e. The molecule has 1 atom stereocenters. The fraction of sp³-hybridized carbons (Fsp3) is 0.0476. The molecule has 0 fully saturated rings. The van der Waals surface area contributed by atoms with E-state index in [2.05, 4.69) is 15.2 Å². The van der Waals surface area contributed by atoms with Crippen molar-refractivity contribution in [2.24, 2.45) is 5.10 Å². The molecule has 158 valence electrons. The van der Waals surface area contributed by atoms with E-state index in [0.717, 1.165) is 29.8 Å². The van der Waals surface area contributed by atoms with Gasteiger partial charge in [-0.05, 0) is 23.3 Å². The Morgan fingerprint density at radius 2 is 1.52 bits per heavy atom. The molecule has 2 N–H and O–H groups in total. The summed E-state index contributed by atoms with van der Waals surface area (Å²) in [4.78, 5) is 22.7. The first-order valence-corrected chi connectivity index (χ1v) is 10.5. The van der Waals surface area contributed by atoms with Gasteiger partial charge in [-0.3, -0.25) is 14.9 Å². The van der Waals surface area contributed by atoms with E-state index in [-0.39, 0.29) is 10.6 Å². The van der Waals surface area contributed by atoms with Crippen molar-refractivity contribution in [1.29, 1.82) is 0 Å². The molecule has 0 aromatic heterocycles. The number of amides is 1. The normalized spacial score (nSPS) is 12.4. The number of sulfonamides is 1. The van der Waals surface area contributed by atoms with Crippen molar-refractivity contribution in [1.82, 2.24) is 10.1 Å². The number of nitrogens with zero attached hydrogens (tertiary/aromatic N) is 2. The summed E-state index contributed by atoms with van der Waals surface area (Å²) in [7, 11) is -4.16. The topological polar surface area (TPSA) is 131 Å². The minimum Gasteiger partial charge on any atom is -0.271 e. The summed E-state index contributed by atoms with van der Waals surface area (Å²) in [6.07, 6.45) is 1.44. The van der Waals surface area contributed by atoms with Gasteiger partial charge in [0.1, 0.15) is 6.04 Å². The summed E-state index contributed by atoms with van der Waals surface area (Å²) in [6.45, 7) is 0. The minimum absolute atomic E-state index is 0.209. The monoisotopic (exact) mass is 438 g/mol. The van der Waals surface area contributed by atoms with Crippen molar-refractivity contribution in [3.8, 4) is 0 Å². The third-order valence-corrected chi connectivity index (χ3v) is 5.65. The highest BCUT2D eigenvalue weighted by atomic mass is 32.2. The van der Waals surface area contributed by atoms with E-state index >= 15 is 0 Å². The van der Waals surface area contributed by atoms with Crippen LogP contribution in [0.2, 0.25) is 0 Å². The molecule has 0 radical (unpaired) electrons. The number of nitro benzene ring substituents is 1. The van der Waals surface area contributed by atoms with E-state index < -0.39 is 26.9 Å². The highest BCUT2D eigenvalue weighted by Crippen LogP contribution is 2.20. The molecule has 9 nitrogen and oxygen atoms in total. The Hall–Kier alpha value is -3.89. The van der Waals surface area contributed by atoms with Crippen LogP contribution in [-0.4, -0.2) is 25.5 Å². The van der Waals surface area contributed by atoms with Gasteiger partial charge in [-0.15, -0.1) is 0 Å². The average molecular weight is 438 g/mol. The van der Waals surface area contributed by atoms with Gasteiger partial charge < -0.3 is 0 Å². The Labute approximate surface area is 178 Å². The Bertz CT molecular complexity index is 1180. The van der Waals surface area contributed by atoms with E-state index in [1.54, 1.807) is 42.5 Å². The van der Waals surface area contributed by atoms with Crippen molar-refractivity contribution < 1.29 is 18.1 Å². The van der Waals surface area contributed by atoms with Gasteiger partial charge in [-0.2, -0.15) is 9.82 Å². The summed E-state index contributed by atoms with van der Waals surface area (Å²) in [5, 5.41) is 14.7.